The summed E-state index contributed by atoms with van der Waals surface area (Å²) in [7, 11) is 0. The molecule has 2 rings (SSSR count). The summed E-state index contributed by atoms with van der Waals surface area (Å²) < 4.78 is 0. The Labute approximate surface area is 81.9 Å². The van der Waals surface area contributed by atoms with Crippen LogP contribution in [-0.2, 0) is 5.11 Å². The van der Waals surface area contributed by atoms with E-state index in [0.717, 1.165) is 5.52 Å². The Bertz CT molecular complexity index is 431. The highest BCUT2D eigenvalue weighted by atomic mass is 35.5. The number of fused-ring (bicyclic) bond motifs is 1. The van der Waals surface area contributed by atoms with E-state index >= 15 is 0 Å². The molecular formula is C9H8ClN2O. The minimum Gasteiger partial charge on any atom is -0.267 e. The van der Waals surface area contributed by atoms with E-state index in [2.05, 4.69) is 9.97 Å². The Hall–Kier alpha value is -1.35. The van der Waals surface area contributed by atoms with Crippen molar-refractivity contribution in [3.8, 4) is 5.88 Å². The number of hydrogen-bond donors (Lipinski definition) is 0. The smallest absolute Gasteiger partial charge is 0.267 e. The first kappa shape index (κ1) is 9.74. The van der Waals surface area contributed by atoms with E-state index in [0.29, 0.717) is 11.2 Å². The van der Waals surface area contributed by atoms with Crippen molar-refractivity contribution in [2.45, 2.75) is 6.92 Å². The van der Waals surface area contributed by atoms with E-state index in [1.807, 2.05) is 18.2 Å². The largest absolute Gasteiger partial charge is 0.280 e. The highest BCUT2D eigenvalue weighted by molar-refractivity contribution is 5.85. The van der Waals surface area contributed by atoms with Crippen LogP contribution in [0.2, 0.25) is 0 Å². The molecule has 0 unspecified atom stereocenters. The number of aromatic nitrogens is 2. The van der Waals surface area contributed by atoms with Crippen LogP contribution in [0.4, 0.5) is 0 Å². The summed E-state index contributed by atoms with van der Waals surface area (Å²) in [5, 5.41) is 11.8. The maximum absolute atomic E-state index is 11.2. The van der Waals surface area contributed by atoms with Gasteiger partial charge in [0.2, 0.25) is 0 Å². The SMILES string of the molecule is Cc1nc([O])c2ccccc2n1.Cl. The number of nitrogens with zero attached hydrogens (tertiary/aromatic N) is 2. The molecule has 0 aliphatic heterocycles. The van der Waals surface area contributed by atoms with Crippen molar-refractivity contribution in [2.75, 3.05) is 0 Å². The summed E-state index contributed by atoms with van der Waals surface area (Å²) in [6.45, 7) is 1.72. The van der Waals surface area contributed by atoms with Crippen LogP contribution in [0, 0.1) is 6.92 Å². The van der Waals surface area contributed by atoms with Crippen molar-refractivity contribution in [3.05, 3.63) is 30.1 Å². The average Bonchev–Trinajstić information content (AvgIpc) is 2.04. The molecular weight excluding hydrogens is 188 g/mol. The molecule has 1 heterocycles. The minimum atomic E-state index is -0.196. The molecule has 0 atom stereocenters. The molecule has 0 N–H and O–H groups in total. The lowest BCUT2D eigenvalue weighted by molar-refractivity contribution is 0.341. The molecule has 1 aromatic carbocycles. The van der Waals surface area contributed by atoms with E-state index in [-0.39, 0.29) is 18.3 Å². The zero-order valence-electron chi connectivity index (χ0n) is 7.02. The van der Waals surface area contributed by atoms with Gasteiger partial charge >= 0.3 is 0 Å². The van der Waals surface area contributed by atoms with Crippen molar-refractivity contribution in [3.63, 3.8) is 0 Å². The third-order valence-electron chi connectivity index (χ3n) is 1.68. The molecule has 4 heteroatoms. The second kappa shape index (κ2) is 3.58. The molecule has 0 saturated carbocycles. The predicted octanol–water partition coefficient (Wildman–Crippen LogP) is 2.50. The van der Waals surface area contributed by atoms with Crippen LogP contribution in [0.1, 0.15) is 5.82 Å². The zero-order valence-corrected chi connectivity index (χ0v) is 7.84. The molecule has 67 valence electrons. The number of benzene rings is 1. The quantitative estimate of drug-likeness (QED) is 0.649. The van der Waals surface area contributed by atoms with Gasteiger partial charge in [0.1, 0.15) is 5.82 Å². The van der Waals surface area contributed by atoms with E-state index in [9.17, 15) is 5.11 Å². The van der Waals surface area contributed by atoms with Crippen molar-refractivity contribution in [1.82, 2.24) is 9.97 Å². The van der Waals surface area contributed by atoms with Gasteiger partial charge in [0.25, 0.3) is 5.88 Å². The van der Waals surface area contributed by atoms with Gasteiger partial charge in [-0.1, -0.05) is 12.1 Å². The fourth-order valence-corrected chi connectivity index (χ4v) is 1.16. The van der Waals surface area contributed by atoms with Crippen molar-refractivity contribution in [2.24, 2.45) is 0 Å². The second-order valence-electron chi connectivity index (χ2n) is 2.59. The summed E-state index contributed by atoms with van der Waals surface area (Å²) in [6, 6.07) is 7.21. The van der Waals surface area contributed by atoms with E-state index in [1.165, 1.54) is 0 Å². The third-order valence-corrected chi connectivity index (χ3v) is 1.68. The van der Waals surface area contributed by atoms with E-state index in [1.54, 1.807) is 13.0 Å². The van der Waals surface area contributed by atoms with Crippen LogP contribution in [0.15, 0.2) is 24.3 Å². The summed E-state index contributed by atoms with van der Waals surface area (Å²) in [4.78, 5) is 7.86. The van der Waals surface area contributed by atoms with Gasteiger partial charge in [0, 0.05) is 0 Å². The summed E-state index contributed by atoms with van der Waals surface area (Å²) >= 11 is 0. The Morgan fingerprint density at radius 3 is 2.62 bits per heavy atom. The molecule has 0 amide bonds. The fraction of sp³-hybridized carbons (Fsp3) is 0.111. The van der Waals surface area contributed by atoms with E-state index in [4.69, 9.17) is 0 Å². The fourth-order valence-electron chi connectivity index (χ4n) is 1.16. The summed E-state index contributed by atoms with van der Waals surface area (Å²) in [5.41, 5.74) is 0.718. The number of rotatable bonds is 0. The predicted molar refractivity (Wildman–Crippen MR) is 51.7 cm³/mol. The maximum Gasteiger partial charge on any atom is 0.280 e. The number of para-hydroxylation sites is 1. The molecule has 0 spiro atoms. The maximum atomic E-state index is 11.2. The molecule has 0 aliphatic rings. The lowest BCUT2D eigenvalue weighted by Crippen LogP contribution is -1.87. The van der Waals surface area contributed by atoms with Gasteiger partial charge in [0.05, 0.1) is 10.9 Å². The lowest BCUT2D eigenvalue weighted by Gasteiger charge is -1.97. The van der Waals surface area contributed by atoms with Gasteiger partial charge in [-0.25, -0.2) is 4.98 Å². The van der Waals surface area contributed by atoms with Crippen molar-refractivity contribution >= 4 is 23.3 Å². The molecule has 13 heavy (non-hydrogen) atoms. The Balaban J connectivity index is 0.000000845. The first-order chi connectivity index (χ1) is 5.77. The van der Waals surface area contributed by atoms with Crippen LogP contribution in [-0.4, -0.2) is 9.97 Å². The average molecular weight is 196 g/mol. The van der Waals surface area contributed by atoms with Gasteiger partial charge < -0.3 is 0 Å². The van der Waals surface area contributed by atoms with Crippen molar-refractivity contribution < 1.29 is 5.11 Å². The van der Waals surface area contributed by atoms with Crippen molar-refractivity contribution in [1.29, 1.82) is 0 Å². The van der Waals surface area contributed by atoms with Gasteiger partial charge in [-0.2, -0.15) is 4.98 Å². The van der Waals surface area contributed by atoms with Crippen LogP contribution < -0.4 is 0 Å². The van der Waals surface area contributed by atoms with Gasteiger partial charge in [-0.05, 0) is 19.1 Å². The summed E-state index contributed by atoms with van der Waals surface area (Å²) in [6.07, 6.45) is 0. The number of halogens is 1. The molecule has 0 bridgehead atoms. The van der Waals surface area contributed by atoms with Gasteiger partial charge in [0.15, 0.2) is 0 Å². The van der Waals surface area contributed by atoms with Crippen LogP contribution in [0.25, 0.3) is 10.9 Å². The molecule has 0 saturated heterocycles. The molecule has 1 aromatic heterocycles. The first-order valence-electron chi connectivity index (χ1n) is 3.68. The second-order valence-corrected chi connectivity index (χ2v) is 2.59. The van der Waals surface area contributed by atoms with Gasteiger partial charge in [-0.15, -0.1) is 12.4 Å². The highest BCUT2D eigenvalue weighted by Gasteiger charge is 2.03. The number of aryl methyl sites for hydroxylation is 1. The van der Waals surface area contributed by atoms with Gasteiger partial charge in [-0.3, -0.25) is 5.11 Å². The number of hydrogen-bond acceptors (Lipinski definition) is 2. The molecule has 0 aliphatic carbocycles. The minimum absolute atomic E-state index is 0. The monoisotopic (exact) mass is 195 g/mol. The highest BCUT2D eigenvalue weighted by Crippen LogP contribution is 2.20. The van der Waals surface area contributed by atoms with Crippen LogP contribution in [0.5, 0.6) is 5.88 Å². The lowest BCUT2D eigenvalue weighted by atomic mass is 10.2. The standard InChI is InChI=1S/C9H7N2O.ClH/c1-6-10-8-5-3-2-4-7(8)9(12)11-6;/h2-5H,1H3;1H. The van der Waals surface area contributed by atoms with E-state index < -0.39 is 0 Å². The topological polar surface area (TPSA) is 45.7 Å². The van der Waals surface area contributed by atoms with Crippen LogP contribution >= 0.6 is 12.4 Å². The Morgan fingerprint density at radius 2 is 1.85 bits per heavy atom. The molecule has 2 aromatic rings. The zero-order chi connectivity index (χ0) is 8.55. The molecule has 1 radical (unpaired) electrons. The Kier molecular flexibility index (Phi) is 2.68. The summed E-state index contributed by atoms with van der Waals surface area (Å²) in [5.74, 6) is 0.330. The normalized spacial score (nSPS) is 9.62. The van der Waals surface area contributed by atoms with Crippen LogP contribution in [0.3, 0.4) is 0 Å². The first-order valence-corrected chi connectivity index (χ1v) is 3.68. The third kappa shape index (κ3) is 1.70. The Morgan fingerprint density at radius 1 is 1.15 bits per heavy atom. The molecule has 0 fully saturated rings. The molecule has 3 nitrogen and oxygen atoms in total.